The molecule has 6 rings (SSSR count). The highest BCUT2D eigenvalue weighted by Gasteiger charge is 2.23. The molecule has 1 atom stereocenters. The number of fused-ring (bicyclic) bond motifs is 1. The van der Waals surface area contributed by atoms with Gasteiger partial charge in [0.2, 0.25) is 5.91 Å². The second-order valence-electron chi connectivity index (χ2n) is 10.5. The minimum atomic E-state index is -0.165. The summed E-state index contributed by atoms with van der Waals surface area (Å²) in [5.41, 5.74) is 5.56. The molecule has 0 aliphatic carbocycles. The third-order valence-corrected chi connectivity index (χ3v) is 7.67. The molecule has 0 bridgehead atoms. The molecule has 4 aromatic carbocycles. The summed E-state index contributed by atoms with van der Waals surface area (Å²) in [7, 11) is 1.67. The summed E-state index contributed by atoms with van der Waals surface area (Å²) < 4.78 is 19.1. The number of rotatable bonds is 12. The lowest BCUT2D eigenvalue weighted by Gasteiger charge is -2.18. The highest BCUT2D eigenvalue weighted by Crippen LogP contribution is 2.36. The van der Waals surface area contributed by atoms with E-state index in [1.807, 2.05) is 66.7 Å². The van der Waals surface area contributed by atoms with E-state index in [-0.39, 0.29) is 11.8 Å². The van der Waals surface area contributed by atoms with E-state index < -0.39 is 0 Å². The molecule has 6 nitrogen and oxygen atoms in total. The summed E-state index contributed by atoms with van der Waals surface area (Å²) in [6.07, 6.45) is 4.10. The Morgan fingerprint density at radius 1 is 0.814 bits per heavy atom. The van der Waals surface area contributed by atoms with Crippen LogP contribution in [-0.4, -0.2) is 17.6 Å². The maximum atomic E-state index is 13.3. The first-order valence-electron chi connectivity index (χ1n) is 14.4. The molecule has 0 aliphatic heterocycles. The van der Waals surface area contributed by atoms with E-state index in [1.165, 1.54) is 5.56 Å². The molecule has 43 heavy (non-hydrogen) atoms. The van der Waals surface area contributed by atoms with Gasteiger partial charge in [0.05, 0.1) is 19.9 Å². The van der Waals surface area contributed by atoms with Gasteiger partial charge in [0.15, 0.2) is 0 Å². The second kappa shape index (κ2) is 13.2. The predicted octanol–water partition coefficient (Wildman–Crippen LogP) is 7.71. The van der Waals surface area contributed by atoms with Crippen LogP contribution in [0.15, 0.2) is 132 Å². The van der Waals surface area contributed by atoms with Crippen molar-refractivity contribution < 1.29 is 18.7 Å². The van der Waals surface area contributed by atoms with Crippen LogP contribution in [-0.2, 0) is 24.5 Å². The van der Waals surface area contributed by atoms with Crippen LogP contribution >= 0.6 is 0 Å². The maximum absolute atomic E-state index is 13.3. The molecule has 2 heterocycles. The van der Waals surface area contributed by atoms with E-state index in [0.717, 1.165) is 44.9 Å². The first kappa shape index (κ1) is 27.9. The molecule has 216 valence electrons. The van der Waals surface area contributed by atoms with Crippen molar-refractivity contribution in [3.8, 4) is 11.5 Å². The Morgan fingerprint density at radius 3 is 2.30 bits per heavy atom. The second-order valence-corrected chi connectivity index (χ2v) is 10.5. The minimum absolute atomic E-state index is 0.0437. The largest absolute Gasteiger partial charge is 0.497 e. The maximum Gasteiger partial charge on any atom is 0.221 e. The Balaban J connectivity index is 1.30. The van der Waals surface area contributed by atoms with Crippen LogP contribution in [0.1, 0.15) is 40.4 Å². The lowest BCUT2D eigenvalue weighted by molar-refractivity contribution is -0.121. The van der Waals surface area contributed by atoms with Crippen molar-refractivity contribution in [2.45, 2.75) is 32.0 Å². The number of nitrogens with one attached hydrogen (secondary N) is 1. The zero-order valence-corrected chi connectivity index (χ0v) is 24.1. The Morgan fingerprint density at radius 2 is 1.56 bits per heavy atom. The van der Waals surface area contributed by atoms with E-state index in [0.29, 0.717) is 26.1 Å². The summed E-state index contributed by atoms with van der Waals surface area (Å²) in [4.78, 5) is 13.3. The Labute approximate surface area is 251 Å². The molecule has 1 unspecified atom stereocenters. The van der Waals surface area contributed by atoms with E-state index in [2.05, 4.69) is 64.6 Å². The highest BCUT2D eigenvalue weighted by molar-refractivity contribution is 5.87. The van der Waals surface area contributed by atoms with Gasteiger partial charge in [0.25, 0.3) is 0 Å². The number of carbonyl (C=O) groups is 1. The molecular weight excluding hydrogens is 536 g/mol. The van der Waals surface area contributed by atoms with Crippen LogP contribution in [0, 0.1) is 0 Å². The summed E-state index contributed by atoms with van der Waals surface area (Å²) in [5.74, 6) is 2.13. The van der Waals surface area contributed by atoms with Crippen molar-refractivity contribution in [1.82, 2.24) is 9.88 Å². The first-order valence-corrected chi connectivity index (χ1v) is 14.4. The van der Waals surface area contributed by atoms with Crippen LogP contribution in [0.2, 0.25) is 0 Å². The quantitative estimate of drug-likeness (QED) is 0.164. The average Bonchev–Trinajstić information content (AvgIpc) is 3.71. The van der Waals surface area contributed by atoms with Crippen LogP contribution in [0.3, 0.4) is 0 Å². The van der Waals surface area contributed by atoms with Crippen molar-refractivity contribution in [1.29, 1.82) is 0 Å². The normalized spacial score (nSPS) is 11.7. The van der Waals surface area contributed by atoms with Gasteiger partial charge in [-0.25, -0.2) is 0 Å². The summed E-state index contributed by atoms with van der Waals surface area (Å²) >= 11 is 0. The third kappa shape index (κ3) is 6.81. The first-order chi connectivity index (χ1) is 21.2. The van der Waals surface area contributed by atoms with E-state index >= 15 is 0 Å². The van der Waals surface area contributed by atoms with Gasteiger partial charge < -0.3 is 23.8 Å². The number of nitrogens with zero attached hydrogens (tertiary/aromatic N) is 1. The SMILES string of the molecule is COc1ccc(Cn2cc(C(CC(=O)NCc3ccco3)c3ccc(OCc4ccccc4)cc3)c3ccccc32)cc1. The third-order valence-electron chi connectivity index (χ3n) is 7.67. The van der Waals surface area contributed by atoms with Crippen LogP contribution in [0.5, 0.6) is 11.5 Å². The number of hydrogen-bond acceptors (Lipinski definition) is 4. The van der Waals surface area contributed by atoms with Crippen molar-refractivity contribution in [2.24, 2.45) is 0 Å². The lowest BCUT2D eigenvalue weighted by Crippen LogP contribution is -2.24. The fourth-order valence-corrected chi connectivity index (χ4v) is 5.41. The molecule has 1 N–H and O–H groups in total. The van der Waals surface area contributed by atoms with E-state index in [1.54, 1.807) is 13.4 Å². The summed E-state index contributed by atoms with van der Waals surface area (Å²) in [6, 6.07) is 38.4. The Hall–Kier alpha value is -5.23. The molecule has 0 saturated carbocycles. The average molecular weight is 571 g/mol. The Kier molecular flexibility index (Phi) is 8.55. The van der Waals surface area contributed by atoms with E-state index in [4.69, 9.17) is 13.9 Å². The summed E-state index contributed by atoms with van der Waals surface area (Å²) in [5, 5.41) is 4.16. The topological polar surface area (TPSA) is 65.6 Å². The van der Waals surface area contributed by atoms with Crippen molar-refractivity contribution in [2.75, 3.05) is 7.11 Å². The molecule has 0 radical (unpaired) electrons. The Bertz CT molecular complexity index is 1760. The number of furan rings is 1. The molecule has 2 aromatic heterocycles. The van der Waals surface area contributed by atoms with Crippen LogP contribution < -0.4 is 14.8 Å². The number of para-hydroxylation sites is 1. The fourth-order valence-electron chi connectivity index (χ4n) is 5.41. The molecule has 6 aromatic rings. The van der Waals surface area contributed by atoms with Gasteiger partial charge in [-0.05, 0) is 64.7 Å². The van der Waals surface area contributed by atoms with Crippen molar-refractivity contribution >= 4 is 16.8 Å². The number of ether oxygens (including phenoxy) is 2. The molecule has 0 saturated heterocycles. The van der Waals surface area contributed by atoms with Crippen molar-refractivity contribution in [3.63, 3.8) is 0 Å². The van der Waals surface area contributed by atoms with Crippen molar-refractivity contribution in [3.05, 3.63) is 156 Å². The molecular formula is C37H34N2O4. The van der Waals surface area contributed by atoms with Crippen LogP contribution in [0.4, 0.5) is 0 Å². The minimum Gasteiger partial charge on any atom is -0.497 e. The monoisotopic (exact) mass is 570 g/mol. The fraction of sp³-hybridized carbons (Fsp3) is 0.162. The molecule has 0 spiro atoms. The molecule has 6 heteroatoms. The molecule has 0 fully saturated rings. The predicted molar refractivity (Wildman–Crippen MR) is 168 cm³/mol. The standard InChI is InChI=1S/C37H34N2O4/c1-41-30-17-13-27(14-18-30)24-39-25-35(33-11-5-6-12-36(33)39)34(22-37(40)38-23-32-10-7-21-42-32)29-15-19-31(20-16-29)43-26-28-8-3-2-4-9-28/h2-21,25,34H,22-24,26H2,1H3,(H,38,40). The molecule has 1 amide bonds. The summed E-state index contributed by atoms with van der Waals surface area (Å²) in [6.45, 7) is 1.55. The van der Waals surface area contributed by atoms with Crippen LogP contribution in [0.25, 0.3) is 10.9 Å². The number of amides is 1. The van der Waals surface area contributed by atoms with Gasteiger partial charge in [0.1, 0.15) is 23.9 Å². The van der Waals surface area contributed by atoms with Gasteiger partial charge in [-0.2, -0.15) is 0 Å². The van der Waals surface area contributed by atoms with Gasteiger partial charge >= 0.3 is 0 Å². The number of hydrogen-bond donors (Lipinski definition) is 1. The smallest absolute Gasteiger partial charge is 0.221 e. The van der Waals surface area contributed by atoms with Gasteiger partial charge in [-0.3, -0.25) is 4.79 Å². The van der Waals surface area contributed by atoms with Gasteiger partial charge in [-0.15, -0.1) is 0 Å². The lowest BCUT2D eigenvalue weighted by atomic mass is 9.88. The zero-order valence-electron chi connectivity index (χ0n) is 24.1. The van der Waals surface area contributed by atoms with Gasteiger partial charge in [0, 0.05) is 36.0 Å². The number of aromatic nitrogens is 1. The number of benzene rings is 4. The van der Waals surface area contributed by atoms with Gasteiger partial charge in [-0.1, -0.05) is 72.8 Å². The zero-order chi connectivity index (χ0) is 29.4. The number of methoxy groups -OCH3 is 1. The number of carbonyl (C=O) groups excluding carboxylic acids is 1. The highest BCUT2D eigenvalue weighted by atomic mass is 16.5. The molecule has 0 aliphatic rings. The van der Waals surface area contributed by atoms with E-state index in [9.17, 15) is 4.79 Å².